The lowest BCUT2D eigenvalue weighted by Gasteiger charge is -2.30. The lowest BCUT2D eigenvalue weighted by molar-refractivity contribution is -0.121. The van der Waals surface area contributed by atoms with Gasteiger partial charge in [-0.2, -0.15) is 0 Å². The fourth-order valence-electron chi connectivity index (χ4n) is 2.79. The number of carbonyl (C=O) groups is 1. The fraction of sp³-hybridized carbons (Fsp3) is 0.923. The van der Waals surface area contributed by atoms with Crippen LogP contribution in [-0.4, -0.2) is 43.5 Å². The third kappa shape index (κ3) is 3.42. The second-order valence-electron chi connectivity index (χ2n) is 5.19. The van der Waals surface area contributed by atoms with E-state index in [1.54, 1.807) is 7.05 Å². The van der Waals surface area contributed by atoms with Crippen LogP contribution in [0, 0.1) is 5.41 Å². The highest BCUT2D eigenvalue weighted by atomic mass is 16.1. The number of hydrogen-bond donors (Lipinski definition) is 2. The van der Waals surface area contributed by atoms with Crippen LogP contribution in [0.25, 0.3) is 0 Å². The molecule has 1 heterocycles. The summed E-state index contributed by atoms with van der Waals surface area (Å²) in [4.78, 5) is 13.8. The summed E-state index contributed by atoms with van der Waals surface area (Å²) in [6.07, 6.45) is 4.20. The molecule has 0 aliphatic carbocycles. The van der Waals surface area contributed by atoms with Crippen LogP contribution in [0.5, 0.6) is 0 Å². The third-order valence-electron chi connectivity index (χ3n) is 4.46. The average Bonchev–Trinajstić information content (AvgIpc) is 2.80. The molecule has 1 rings (SSSR count). The van der Waals surface area contributed by atoms with E-state index in [1.165, 1.54) is 19.3 Å². The molecule has 1 unspecified atom stereocenters. The summed E-state index contributed by atoms with van der Waals surface area (Å²) < 4.78 is 0. The minimum atomic E-state index is 0.0888. The molecule has 1 atom stereocenters. The molecule has 1 fully saturated rings. The molecule has 100 valence electrons. The van der Waals surface area contributed by atoms with Crippen LogP contribution < -0.4 is 11.1 Å². The van der Waals surface area contributed by atoms with E-state index in [-0.39, 0.29) is 11.9 Å². The normalized spacial score (nSPS) is 21.4. The summed E-state index contributed by atoms with van der Waals surface area (Å²) in [6.45, 7) is 7.28. The summed E-state index contributed by atoms with van der Waals surface area (Å²) in [6, 6.07) is 0.204. The first-order valence-corrected chi connectivity index (χ1v) is 6.75. The molecule has 0 radical (unpaired) electrons. The number of carbonyl (C=O) groups excluding carboxylic acids is 1. The number of hydrogen-bond acceptors (Lipinski definition) is 3. The summed E-state index contributed by atoms with van der Waals surface area (Å²) in [5, 5.41) is 2.68. The zero-order chi connectivity index (χ0) is 12.9. The van der Waals surface area contributed by atoms with E-state index in [2.05, 4.69) is 24.1 Å². The Hall–Kier alpha value is -0.610. The maximum Gasteiger partial charge on any atom is 0.221 e. The predicted octanol–water partition coefficient (Wildman–Crippen LogP) is 0.962. The Morgan fingerprint density at radius 2 is 2.12 bits per heavy atom. The van der Waals surface area contributed by atoms with Crippen molar-refractivity contribution >= 4 is 5.91 Å². The molecule has 1 amide bonds. The van der Waals surface area contributed by atoms with Crippen LogP contribution in [0.2, 0.25) is 0 Å². The van der Waals surface area contributed by atoms with Crippen molar-refractivity contribution in [3.8, 4) is 0 Å². The van der Waals surface area contributed by atoms with Gasteiger partial charge in [-0.25, -0.2) is 0 Å². The van der Waals surface area contributed by atoms with E-state index in [9.17, 15) is 4.79 Å². The number of likely N-dealkylation sites (tertiary alicyclic amines) is 1. The average molecular weight is 241 g/mol. The number of rotatable bonds is 6. The first-order valence-electron chi connectivity index (χ1n) is 6.75. The van der Waals surface area contributed by atoms with Crippen LogP contribution in [0.3, 0.4) is 0 Å². The first kappa shape index (κ1) is 14.5. The molecule has 17 heavy (non-hydrogen) atoms. The minimum Gasteiger partial charge on any atom is -0.359 e. The topological polar surface area (TPSA) is 58.4 Å². The number of amides is 1. The number of nitrogens with zero attached hydrogens (tertiary/aromatic N) is 1. The predicted molar refractivity (Wildman–Crippen MR) is 70.7 cm³/mol. The van der Waals surface area contributed by atoms with Gasteiger partial charge in [0.05, 0.1) is 0 Å². The van der Waals surface area contributed by atoms with Crippen molar-refractivity contribution in [2.75, 3.05) is 26.7 Å². The zero-order valence-electron chi connectivity index (χ0n) is 11.5. The number of nitrogens with two attached hydrogens (primary N) is 1. The van der Waals surface area contributed by atoms with E-state index in [4.69, 9.17) is 5.73 Å². The molecule has 0 spiro atoms. The zero-order valence-corrected chi connectivity index (χ0v) is 11.5. The molecule has 0 aromatic rings. The van der Waals surface area contributed by atoms with Gasteiger partial charge in [-0.15, -0.1) is 0 Å². The monoisotopic (exact) mass is 241 g/mol. The van der Waals surface area contributed by atoms with Crippen LogP contribution in [0.15, 0.2) is 0 Å². The standard InChI is InChI=1S/C13H27N3O/c1-4-13(5-2)6-7-16(10-13)11(9-14)8-12(17)15-3/h11H,4-10,14H2,1-3H3,(H,15,17). The maximum atomic E-state index is 11.4. The molecular formula is C13H27N3O. The van der Waals surface area contributed by atoms with E-state index in [0.29, 0.717) is 18.4 Å². The SMILES string of the molecule is CCC1(CC)CCN(C(CN)CC(=O)NC)C1. The van der Waals surface area contributed by atoms with Gasteiger partial charge in [0, 0.05) is 32.6 Å². The van der Waals surface area contributed by atoms with Gasteiger partial charge < -0.3 is 11.1 Å². The molecule has 0 aromatic carbocycles. The van der Waals surface area contributed by atoms with Crippen molar-refractivity contribution in [1.29, 1.82) is 0 Å². The van der Waals surface area contributed by atoms with Crippen LogP contribution >= 0.6 is 0 Å². The lowest BCUT2D eigenvalue weighted by atomic mass is 9.82. The van der Waals surface area contributed by atoms with Crippen molar-refractivity contribution in [2.24, 2.45) is 11.1 Å². The van der Waals surface area contributed by atoms with Crippen molar-refractivity contribution in [3.05, 3.63) is 0 Å². The minimum absolute atomic E-state index is 0.0888. The Morgan fingerprint density at radius 1 is 1.47 bits per heavy atom. The summed E-state index contributed by atoms with van der Waals surface area (Å²) in [5.41, 5.74) is 6.26. The molecule has 1 aliphatic rings. The Morgan fingerprint density at radius 3 is 2.53 bits per heavy atom. The third-order valence-corrected chi connectivity index (χ3v) is 4.46. The Bertz CT molecular complexity index is 251. The highest BCUT2D eigenvalue weighted by Gasteiger charge is 2.37. The molecule has 1 saturated heterocycles. The summed E-state index contributed by atoms with van der Waals surface area (Å²) >= 11 is 0. The second kappa shape index (κ2) is 6.36. The van der Waals surface area contributed by atoms with E-state index < -0.39 is 0 Å². The van der Waals surface area contributed by atoms with E-state index >= 15 is 0 Å². The number of nitrogens with one attached hydrogen (secondary N) is 1. The smallest absolute Gasteiger partial charge is 0.221 e. The molecule has 4 heteroatoms. The molecule has 0 aromatic heterocycles. The molecule has 4 nitrogen and oxygen atoms in total. The largest absolute Gasteiger partial charge is 0.359 e. The van der Waals surface area contributed by atoms with Gasteiger partial charge in [0.1, 0.15) is 0 Å². The summed E-state index contributed by atoms with van der Waals surface area (Å²) in [5.74, 6) is 0.0888. The van der Waals surface area contributed by atoms with Crippen molar-refractivity contribution in [2.45, 2.75) is 45.6 Å². The van der Waals surface area contributed by atoms with Crippen molar-refractivity contribution in [1.82, 2.24) is 10.2 Å². The quantitative estimate of drug-likeness (QED) is 0.728. The van der Waals surface area contributed by atoms with Gasteiger partial charge >= 0.3 is 0 Å². The van der Waals surface area contributed by atoms with Crippen LogP contribution in [0.4, 0.5) is 0 Å². The van der Waals surface area contributed by atoms with Crippen molar-refractivity contribution < 1.29 is 4.79 Å². The lowest BCUT2D eigenvalue weighted by Crippen LogP contribution is -2.43. The van der Waals surface area contributed by atoms with Crippen LogP contribution in [-0.2, 0) is 4.79 Å². The van der Waals surface area contributed by atoms with Gasteiger partial charge in [-0.05, 0) is 31.2 Å². The summed E-state index contributed by atoms with van der Waals surface area (Å²) in [7, 11) is 1.68. The Kier molecular flexibility index (Phi) is 5.40. The Labute approximate surface area is 105 Å². The van der Waals surface area contributed by atoms with E-state index in [1.807, 2.05) is 0 Å². The molecular weight excluding hydrogens is 214 g/mol. The molecule has 1 aliphatic heterocycles. The van der Waals surface area contributed by atoms with Crippen molar-refractivity contribution in [3.63, 3.8) is 0 Å². The molecule has 0 bridgehead atoms. The van der Waals surface area contributed by atoms with E-state index in [0.717, 1.165) is 13.1 Å². The van der Waals surface area contributed by atoms with Gasteiger partial charge in [0.15, 0.2) is 0 Å². The maximum absolute atomic E-state index is 11.4. The molecule has 3 N–H and O–H groups in total. The highest BCUT2D eigenvalue weighted by Crippen LogP contribution is 2.37. The first-order chi connectivity index (χ1) is 8.10. The van der Waals surface area contributed by atoms with Gasteiger partial charge in [0.2, 0.25) is 5.91 Å². The highest BCUT2D eigenvalue weighted by molar-refractivity contribution is 5.76. The second-order valence-corrected chi connectivity index (χ2v) is 5.19. The molecule has 0 saturated carbocycles. The Balaban J connectivity index is 2.58. The van der Waals surface area contributed by atoms with Gasteiger partial charge in [-0.1, -0.05) is 13.8 Å². The van der Waals surface area contributed by atoms with Gasteiger partial charge in [0.25, 0.3) is 0 Å². The van der Waals surface area contributed by atoms with Gasteiger partial charge in [-0.3, -0.25) is 9.69 Å². The van der Waals surface area contributed by atoms with Crippen LogP contribution in [0.1, 0.15) is 39.5 Å². The fourth-order valence-corrected chi connectivity index (χ4v) is 2.79.